The Hall–Kier alpha value is -2.00. The quantitative estimate of drug-likeness (QED) is 0.469. The zero-order chi connectivity index (χ0) is 19.7. The van der Waals surface area contributed by atoms with Crippen molar-refractivity contribution in [3.63, 3.8) is 0 Å². The van der Waals surface area contributed by atoms with Crippen molar-refractivity contribution < 1.29 is 38.4 Å². The molecule has 1 rings (SSSR count). The molecule has 2 atom stereocenters. The molecule has 1 aromatic rings. The molecule has 0 aliphatic rings. The van der Waals surface area contributed by atoms with Crippen LogP contribution in [0.2, 0.25) is 0 Å². The number of benzene rings is 1. The lowest BCUT2D eigenvalue weighted by molar-refractivity contribution is -0.417. The summed E-state index contributed by atoms with van der Waals surface area (Å²) in [6, 6.07) is 5.32. The number of esters is 1. The lowest BCUT2D eigenvalue weighted by Crippen LogP contribution is -2.44. The number of carbonyl (C=O) groups is 2. The Balaban J connectivity index is 2.91. The Morgan fingerprint density at radius 1 is 0.962 bits per heavy atom. The van der Waals surface area contributed by atoms with Gasteiger partial charge < -0.3 is 19.3 Å². The van der Waals surface area contributed by atoms with Crippen LogP contribution in [0.4, 0.5) is 0 Å². The highest BCUT2D eigenvalue weighted by Crippen LogP contribution is 2.22. The van der Waals surface area contributed by atoms with E-state index in [-0.39, 0.29) is 11.1 Å². The highest BCUT2D eigenvalue weighted by molar-refractivity contribution is 5.92. The van der Waals surface area contributed by atoms with Gasteiger partial charge in [-0.25, -0.2) is 9.59 Å². The van der Waals surface area contributed by atoms with Gasteiger partial charge in [0.25, 0.3) is 0 Å². The molecule has 0 saturated carbocycles. The van der Waals surface area contributed by atoms with Gasteiger partial charge in [0.1, 0.15) is 0 Å². The zero-order valence-electron chi connectivity index (χ0n) is 15.7. The summed E-state index contributed by atoms with van der Waals surface area (Å²) in [5, 5.41) is 8.92. The summed E-state index contributed by atoms with van der Waals surface area (Å²) < 4.78 is 27.2. The van der Waals surface area contributed by atoms with Gasteiger partial charge in [0.2, 0.25) is 0 Å². The van der Waals surface area contributed by atoms with E-state index in [0.29, 0.717) is 13.2 Å². The van der Waals surface area contributed by atoms with E-state index in [0.717, 1.165) is 0 Å². The van der Waals surface area contributed by atoms with Crippen molar-refractivity contribution in [2.45, 2.75) is 53.2 Å². The first-order valence-electron chi connectivity index (χ1n) is 8.36. The summed E-state index contributed by atoms with van der Waals surface area (Å²) >= 11 is 0. The largest absolute Gasteiger partial charge is 0.478 e. The van der Waals surface area contributed by atoms with Crippen LogP contribution in [0.25, 0.3) is 0 Å². The standard InChI is InChI=1S/C18H26O8/c1-6-22-12(3)24-18(5,25-13(4)23-7-2)26-17(21)15-10-8-14(9-11-15)16(19)20/h8-13H,6-7H2,1-5H3,(H,19,20). The number of ether oxygens (including phenoxy) is 5. The van der Waals surface area contributed by atoms with E-state index in [1.165, 1.54) is 31.2 Å². The van der Waals surface area contributed by atoms with E-state index < -0.39 is 30.5 Å². The molecule has 0 spiro atoms. The predicted molar refractivity (Wildman–Crippen MR) is 91.6 cm³/mol. The second-order valence-electron chi connectivity index (χ2n) is 5.42. The van der Waals surface area contributed by atoms with E-state index in [4.69, 9.17) is 28.8 Å². The maximum Gasteiger partial charge on any atom is 0.342 e. The molecule has 8 heteroatoms. The highest BCUT2D eigenvalue weighted by Gasteiger charge is 2.36. The van der Waals surface area contributed by atoms with Gasteiger partial charge in [0.15, 0.2) is 12.6 Å². The van der Waals surface area contributed by atoms with Gasteiger partial charge in [-0.15, -0.1) is 0 Å². The number of rotatable bonds is 11. The number of aromatic carboxylic acids is 1. The summed E-state index contributed by atoms with van der Waals surface area (Å²) in [6.45, 7) is 9.14. The molecule has 0 saturated heterocycles. The first kappa shape index (κ1) is 22.0. The van der Waals surface area contributed by atoms with Crippen LogP contribution in [0.1, 0.15) is 55.3 Å². The Morgan fingerprint density at radius 2 is 1.38 bits per heavy atom. The Bertz CT molecular complexity index is 569. The van der Waals surface area contributed by atoms with Gasteiger partial charge in [-0.2, -0.15) is 0 Å². The number of carboxylic acid groups (broad SMARTS) is 1. The normalized spacial score (nSPS) is 15.7. The van der Waals surface area contributed by atoms with E-state index in [1.54, 1.807) is 27.7 Å². The Kier molecular flexibility index (Phi) is 8.67. The molecule has 8 nitrogen and oxygen atoms in total. The maximum absolute atomic E-state index is 12.4. The lowest BCUT2D eigenvalue weighted by Gasteiger charge is -2.33. The van der Waals surface area contributed by atoms with Crippen molar-refractivity contribution in [3.05, 3.63) is 35.4 Å². The van der Waals surface area contributed by atoms with E-state index in [1.807, 2.05) is 0 Å². The van der Waals surface area contributed by atoms with Crippen molar-refractivity contribution in [3.8, 4) is 0 Å². The number of carboxylic acids is 1. The smallest absolute Gasteiger partial charge is 0.342 e. The molecule has 0 aliphatic heterocycles. The molecule has 0 amide bonds. The van der Waals surface area contributed by atoms with E-state index in [2.05, 4.69) is 0 Å². The van der Waals surface area contributed by atoms with Crippen molar-refractivity contribution >= 4 is 11.9 Å². The molecule has 26 heavy (non-hydrogen) atoms. The molecule has 0 fully saturated rings. The van der Waals surface area contributed by atoms with Gasteiger partial charge in [0, 0.05) is 20.1 Å². The second kappa shape index (κ2) is 10.2. The van der Waals surface area contributed by atoms with Gasteiger partial charge in [0.05, 0.1) is 11.1 Å². The van der Waals surface area contributed by atoms with Crippen molar-refractivity contribution in [2.75, 3.05) is 13.2 Å². The molecule has 0 bridgehead atoms. The summed E-state index contributed by atoms with van der Waals surface area (Å²) in [5.41, 5.74) is 0.216. The topological polar surface area (TPSA) is 101 Å². The summed E-state index contributed by atoms with van der Waals surface area (Å²) in [6.07, 6.45) is -1.39. The maximum atomic E-state index is 12.4. The zero-order valence-corrected chi connectivity index (χ0v) is 15.7. The number of hydrogen-bond donors (Lipinski definition) is 1. The van der Waals surface area contributed by atoms with E-state index >= 15 is 0 Å². The Morgan fingerprint density at radius 3 is 1.77 bits per heavy atom. The minimum atomic E-state index is -1.76. The molecule has 0 radical (unpaired) electrons. The van der Waals surface area contributed by atoms with Crippen LogP contribution >= 0.6 is 0 Å². The third-order valence-electron chi connectivity index (χ3n) is 3.21. The van der Waals surface area contributed by atoms with Crippen molar-refractivity contribution in [2.24, 2.45) is 0 Å². The average Bonchev–Trinajstić information content (AvgIpc) is 2.54. The average molecular weight is 370 g/mol. The number of hydrogen-bond acceptors (Lipinski definition) is 7. The van der Waals surface area contributed by atoms with Gasteiger partial charge >= 0.3 is 17.9 Å². The molecule has 146 valence electrons. The number of carbonyl (C=O) groups excluding carboxylic acids is 1. The minimum Gasteiger partial charge on any atom is -0.478 e. The molecule has 2 unspecified atom stereocenters. The molecule has 0 heterocycles. The molecular weight excluding hydrogens is 344 g/mol. The third kappa shape index (κ3) is 7.09. The summed E-state index contributed by atoms with van der Waals surface area (Å²) in [5.74, 6) is -3.58. The third-order valence-corrected chi connectivity index (χ3v) is 3.21. The summed E-state index contributed by atoms with van der Waals surface area (Å²) in [7, 11) is 0. The van der Waals surface area contributed by atoms with Crippen LogP contribution in [0.5, 0.6) is 0 Å². The van der Waals surface area contributed by atoms with Crippen LogP contribution in [0, 0.1) is 0 Å². The van der Waals surface area contributed by atoms with Crippen LogP contribution in [0.3, 0.4) is 0 Å². The fraction of sp³-hybridized carbons (Fsp3) is 0.556. The molecule has 0 aliphatic carbocycles. The fourth-order valence-electron chi connectivity index (χ4n) is 2.19. The predicted octanol–water partition coefficient (Wildman–Crippen LogP) is 3.01. The molecule has 0 aromatic heterocycles. The molecule has 1 N–H and O–H groups in total. The van der Waals surface area contributed by atoms with Crippen LogP contribution in [-0.2, 0) is 23.7 Å². The highest BCUT2D eigenvalue weighted by atomic mass is 16.9. The van der Waals surface area contributed by atoms with Crippen molar-refractivity contribution in [1.29, 1.82) is 0 Å². The monoisotopic (exact) mass is 370 g/mol. The van der Waals surface area contributed by atoms with Gasteiger partial charge in [-0.3, -0.25) is 9.47 Å². The van der Waals surface area contributed by atoms with Crippen LogP contribution < -0.4 is 0 Å². The van der Waals surface area contributed by atoms with Gasteiger partial charge in [-0.05, 0) is 52.0 Å². The first-order valence-corrected chi connectivity index (χ1v) is 8.36. The SMILES string of the molecule is CCOC(C)OC(C)(OC(=O)c1ccc(C(=O)O)cc1)OC(C)OCC. The van der Waals surface area contributed by atoms with Crippen LogP contribution in [-0.4, -0.2) is 48.8 Å². The fourth-order valence-corrected chi connectivity index (χ4v) is 2.19. The summed E-state index contributed by atoms with van der Waals surface area (Å²) in [4.78, 5) is 23.3. The first-order chi connectivity index (χ1) is 12.2. The lowest BCUT2D eigenvalue weighted by atomic mass is 10.1. The van der Waals surface area contributed by atoms with Crippen molar-refractivity contribution in [1.82, 2.24) is 0 Å². The van der Waals surface area contributed by atoms with E-state index in [9.17, 15) is 9.59 Å². The Labute approximate surface area is 152 Å². The second-order valence-corrected chi connectivity index (χ2v) is 5.42. The molecule has 1 aromatic carbocycles. The van der Waals surface area contributed by atoms with Crippen LogP contribution in [0.15, 0.2) is 24.3 Å². The molecular formula is C18H26O8. The van der Waals surface area contributed by atoms with Gasteiger partial charge in [-0.1, -0.05) is 0 Å². The minimum absolute atomic E-state index is 0.0618.